The van der Waals surface area contributed by atoms with Gasteiger partial charge in [0.05, 0.1) is 23.2 Å². The Labute approximate surface area is 128 Å². The van der Waals surface area contributed by atoms with E-state index in [1.54, 1.807) is 36.1 Å². The second-order valence-corrected chi connectivity index (χ2v) is 5.01. The lowest BCUT2D eigenvalue weighted by Crippen LogP contribution is -2.07. The standard InChI is InChI=1S/C15H10ClF3N2O/c1-22-13-4-2-3-12-10(13)5-6-21(12)14-11(16)7-9(8-20-14)15(17,18)19/h2-8H,1H3. The third-order valence-corrected chi connectivity index (χ3v) is 3.57. The Morgan fingerprint density at radius 2 is 2.00 bits per heavy atom. The molecule has 7 heteroatoms. The zero-order valence-corrected chi connectivity index (χ0v) is 12.1. The number of aromatic nitrogens is 2. The smallest absolute Gasteiger partial charge is 0.417 e. The number of alkyl halides is 3. The maximum atomic E-state index is 12.7. The minimum absolute atomic E-state index is 0.0739. The normalized spacial score (nSPS) is 11.9. The van der Waals surface area contributed by atoms with Crippen LogP contribution in [0.4, 0.5) is 13.2 Å². The van der Waals surface area contributed by atoms with Crippen molar-refractivity contribution in [3.8, 4) is 11.6 Å². The number of ether oxygens (including phenoxy) is 1. The van der Waals surface area contributed by atoms with Crippen LogP contribution in [-0.2, 0) is 6.18 Å². The van der Waals surface area contributed by atoms with E-state index in [0.717, 1.165) is 23.2 Å². The molecule has 0 amide bonds. The van der Waals surface area contributed by atoms with Crippen LogP contribution in [0.5, 0.6) is 5.75 Å². The number of benzene rings is 1. The molecule has 2 heterocycles. The van der Waals surface area contributed by atoms with Crippen LogP contribution in [0, 0.1) is 0 Å². The van der Waals surface area contributed by atoms with Crippen molar-refractivity contribution in [2.24, 2.45) is 0 Å². The number of hydrogen-bond donors (Lipinski definition) is 0. The molecule has 1 aromatic carbocycles. The summed E-state index contributed by atoms with van der Waals surface area (Å²) >= 11 is 5.99. The van der Waals surface area contributed by atoms with Gasteiger partial charge in [0.1, 0.15) is 5.75 Å². The molecule has 114 valence electrons. The van der Waals surface area contributed by atoms with Crippen LogP contribution in [0.2, 0.25) is 5.02 Å². The minimum Gasteiger partial charge on any atom is -0.496 e. The Balaban J connectivity index is 2.16. The highest BCUT2D eigenvalue weighted by molar-refractivity contribution is 6.32. The fourth-order valence-electron chi connectivity index (χ4n) is 2.27. The molecule has 0 saturated heterocycles. The summed E-state index contributed by atoms with van der Waals surface area (Å²) in [4.78, 5) is 3.86. The first-order valence-electron chi connectivity index (χ1n) is 6.29. The van der Waals surface area contributed by atoms with Crippen molar-refractivity contribution in [3.05, 3.63) is 53.3 Å². The van der Waals surface area contributed by atoms with Gasteiger partial charge >= 0.3 is 6.18 Å². The molecule has 0 spiro atoms. The van der Waals surface area contributed by atoms with Gasteiger partial charge in [-0.25, -0.2) is 4.98 Å². The maximum Gasteiger partial charge on any atom is 0.417 e. The predicted molar refractivity (Wildman–Crippen MR) is 77.6 cm³/mol. The largest absolute Gasteiger partial charge is 0.496 e. The van der Waals surface area contributed by atoms with Crippen LogP contribution in [0.3, 0.4) is 0 Å². The van der Waals surface area contributed by atoms with Crippen LogP contribution in [-0.4, -0.2) is 16.7 Å². The number of halogens is 4. The number of hydrogen-bond acceptors (Lipinski definition) is 2. The lowest BCUT2D eigenvalue weighted by Gasteiger charge is -2.11. The average molecular weight is 327 g/mol. The van der Waals surface area contributed by atoms with Crippen LogP contribution in [0.25, 0.3) is 16.7 Å². The highest BCUT2D eigenvalue weighted by Gasteiger charge is 2.31. The van der Waals surface area contributed by atoms with Gasteiger partial charge in [-0.05, 0) is 24.3 Å². The summed E-state index contributed by atoms with van der Waals surface area (Å²) in [6.45, 7) is 0. The molecular formula is C15H10ClF3N2O. The Morgan fingerprint density at radius 3 is 2.64 bits per heavy atom. The van der Waals surface area contributed by atoms with Crippen molar-refractivity contribution >= 4 is 22.5 Å². The van der Waals surface area contributed by atoms with Crippen molar-refractivity contribution < 1.29 is 17.9 Å². The molecule has 0 aliphatic heterocycles. The van der Waals surface area contributed by atoms with E-state index in [1.807, 2.05) is 6.07 Å². The molecule has 3 nitrogen and oxygen atoms in total. The summed E-state index contributed by atoms with van der Waals surface area (Å²) in [5.41, 5.74) is -0.135. The average Bonchev–Trinajstić information content (AvgIpc) is 2.90. The van der Waals surface area contributed by atoms with Gasteiger partial charge in [-0.2, -0.15) is 13.2 Å². The van der Waals surface area contributed by atoms with Crippen molar-refractivity contribution in [3.63, 3.8) is 0 Å². The Morgan fingerprint density at radius 1 is 1.23 bits per heavy atom. The van der Waals surface area contributed by atoms with E-state index >= 15 is 0 Å². The van der Waals surface area contributed by atoms with Crippen molar-refractivity contribution in [1.29, 1.82) is 0 Å². The fourth-order valence-corrected chi connectivity index (χ4v) is 2.52. The first-order valence-corrected chi connectivity index (χ1v) is 6.67. The van der Waals surface area contributed by atoms with Gasteiger partial charge in [0.15, 0.2) is 5.82 Å². The Bertz CT molecular complexity index is 842. The Kier molecular flexibility index (Phi) is 3.48. The predicted octanol–water partition coefficient (Wildman–Crippen LogP) is 4.71. The minimum atomic E-state index is -4.48. The molecule has 0 aliphatic rings. The monoisotopic (exact) mass is 326 g/mol. The molecule has 0 saturated carbocycles. The summed E-state index contributed by atoms with van der Waals surface area (Å²) in [6.07, 6.45) is -2.01. The number of nitrogens with zero attached hydrogens (tertiary/aromatic N) is 2. The summed E-state index contributed by atoms with van der Waals surface area (Å²) < 4.78 is 44.9. The van der Waals surface area contributed by atoms with Gasteiger partial charge < -0.3 is 4.74 Å². The molecule has 0 aliphatic carbocycles. The van der Waals surface area contributed by atoms with E-state index in [0.29, 0.717) is 5.75 Å². The molecule has 0 bridgehead atoms. The quantitative estimate of drug-likeness (QED) is 0.682. The Hall–Kier alpha value is -2.21. The number of rotatable bonds is 2. The fraction of sp³-hybridized carbons (Fsp3) is 0.133. The molecule has 0 N–H and O–H groups in total. The van der Waals surface area contributed by atoms with E-state index in [2.05, 4.69) is 4.98 Å². The van der Waals surface area contributed by atoms with E-state index in [9.17, 15) is 13.2 Å². The summed E-state index contributed by atoms with van der Waals surface area (Å²) in [7, 11) is 1.55. The van der Waals surface area contributed by atoms with E-state index in [4.69, 9.17) is 16.3 Å². The maximum absolute atomic E-state index is 12.7. The van der Waals surface area contributed by atoms with Gasteiger partial charge in [-0.3, -0.25) is 4.57 Å². The molecule has 0 fully saturated rings. The van der Waals surface area contributed by atoms with E-state index in [-0.39, 0.29) is 10.8 Å². The molecule has 3 aromatic rings. The molecule has 0 unspecified atom stereocenters. The van der Waals surface area contributed by atoms with E-state index in [1.165, 1.54) is 0 Å². The third-order valence-electron chi connectivity index (χ3n) is 3.29. The topological polar surface area (TPSA) is 27.1 Å². The molecule has 0 radical (unpaired) electrons. The van der Waals surface area contributed by atoms with Crippen molar-refractivity contribution in [2.45, 2.75) is 6.18 Å². The summed E-state index contributed by atoms with van der Waals surface area (Å²) in [5, 5.41) is 0.748. The van der Waals surface area contributed by atoms with Crippen LogP contribution in [0.1, 0.15) is 5.56 Å². The number of pyridine rings is 1. The summed E-state index contributed by atoms with van der Waals surface area (Å²) in [5.74, 6) is 0.900. The van der Waals surface area contributed by atoms with Gasteiger partial charge in [0.25, 0.3) is 0 Å². The highest BCUT2D eigenvalue weighted by atomic mass is 35.5. The van der Waals surface area contributed by atoms with E-state index < -0.39 is 11.7 Å². The molecule has 3 rings (SSSR count). The lowest BCUT2D eigenvalue weighted by atomic mass is 10.2. The molecule has 0 atom stereocenters. The first kappa shape index (κ1) is 14.7. The number of fused-ring (bicyclic) bond motifs is 1. The van der Waals surface area contributed by atoms with Gasteiger partial charge in [0, 0.05) is 17.8 Å². The van der Waals surface area contributed by atoms with Crippen molar-refractivity contribution in [2.75, 3.05) is 7.11 Å². The van der Waals surface area contributed by atoms with Crippen LogP contribution < -0.4 is 4.74 Å². The molecule has 2 aromatic heterocycles. The summed E-state index contributed by atoms with van der Waals surface area (Å²) in [6, 6.07) is 8.07. The first-order chi connectivity index (χ1) is 10.4. The van der Waals surface area contributed by atoms with Gasteiger partial charge in [-0.15, -0.1) is 0 Å². The zero-order chi connectivity index (χ0) is 15.9. The third kappa shape index (κ3) is 2.39. The van der Waals surface area contributed by atoms with Gasteiger partial charge in [-0.1, -0.05) is 17.7 Å². The van der Waals surface area contributed by atoms with Crippen LogP contribution >= 0.6 is 11.6 Å². The molecular weight excluding hydrogens is 317 g/mol. The lowest BCUT2D eigenvalue weighted by molar-refractivity contribution is -0.137. The van der Waals surface area contributed by atoms with Crippen LogP contribution in [0.15, 0.2) is 42.7 Å². The second-order valence-electron chi connectivity index (χ2n) is 4.61. The highest BCUT2D eigenvalue weighted by Crippen LogP contribution is 2.34. The number of methoxy groups -OCH3 is 1. The van der Waals surface area contributed by atoms with Gasteiger partial charge in [0.2, 0.25) is 0 Å². The second kappa shape index (κ2) is 5.21. The molecule has 22 heavy (non-hydrogen) atoms. The SMILES string of the molecule is COc1cccc2c1ccn2-c1ncc(C(F)(F)F)cc1Cl. The zero-order valence-electron chi connectivity index (χ0n) is 11.4. The van der Waals surface area contributed by atoms with Crippen molar-refractivity contribution in [1.82, 2.24) is 9.55 Å².